The van der Waals surface area contributed by atoms with Crippen LogP contribution in [-0.2, 0) is 0 Å². The molecule has 3 saturated heterocycles. The van der Waals surface area contributed by atoms with Gasteiger partial charge >= 0.3 is 0 Å². The van der Waals surface area contributed by atoms with Crippen LogP contribution in [0.2, 0.25) is 5.02 Å². The molecule has 0 radical (unpaired) electrons. The Kier molecular flexibility index (Phi) is 4.78. The number of halogens is 1. The first-order valence-electron chi connectivity index (χ1n) is 7.50. The van der Waals surface area contributed by atoms with E-state index in [1.165, 1.54) is 12.1 Å². The smallest absolute Gasteiger partial charge is 0.0430 e. The van der Waals surface area contributed by atoms with E-state index in [0.29, 0.717) is 12.1 Å². The van der Waals surface area contributed by atoms with E-state index < -0.39 is 0 Å². The maximum Gasteiger partial charge on any atom is 0.0430 e. The fraction of sp³-hybridized carbons (Fsp3) is 0.600. The molecule has 2 unspecified atom stereocenters. The van der Waals surface area contributed by atoms with E-state index in [-0.39, 0.29) is 0 Å². The van der Waals surface area contributed by atoms with Crippen molar-refractivity contribution in [3.63, 3.8) is 0 Å². The van der Waals surface area contributed by atoms with Crippen molar-refractivity contribution in [2.45, 2.75) is 18.5 Å². The second-order valence-corrected chi connectivity index (χ2v) is 6.06. The molecule has 0 saturated carbocycles. The standard InChI is InChI=1S/C11H13ClN2.C4H10N2/c12-8-1-3-10(4-2-8)14-7-9-5-11(14)6-13-9;1-2-6-4-3-5-1/h1-4,9,11,13H,5-7H2;5-6H,1-4H2. The van der Waals surface area contributed by atoms with Crippen LogP contribution in [0.3, 0.4) is 0 Å². The van der Waals surface area contributed by atoms with Gasteiger partial charge in [-0.2, -0.15) is 0 Å². The van der Waals surface area contributed by atoms with Crippen molar-refractivity contribution in [3.8, 4) is 0 Å². The first-order chi connectivity index (χ1) is 9.83. The molecule has 1 aromatic rings. The molecule has 20 heavy (non-hydrogen) atoms. The molecule has 3 aliphatic rings. The number of fused-ring (bicyclic) bond motifs is 2. The second kappa shape index (κ2) is 6.76. The van der Waals surface area contributed by atoms with Crippen molar-refractivity contribution in [2.75, 3.05) is 44.2 Å². The van der Waals surface area contributed by atoms with Crippen LogP contribution in [0.25, 0.3) is 0 Å². The third-order valence-corrected chi connectivity index (χ3v) is 4.42. The monoisotopic (exact) mass is 294 g/mol. The number of nitrogens with zero attached hydrogens (tertiary/aromatic N) is 1. The number of rotatable bonds is 1. The number of piperazine rings is 2. The van der Waals surface area contributed by atoms with Crippen molar-refractivity contribution in [1.29, 1.82) is 0 Å². The lowest BCUT2D eigenvalue weighted by molar-refractivity contribution is 0.534. The minimum atomic E-state index is 0.696. The lowest BCUT2D eigenvalue weighted by atomic mass is 10.2. The predicted molar refractivity (Wildman–Crippen MR) is 84.7 cm³/mol. The van der Waals surface area contributed by atoms with Crippen LogP contribution in [0.15, 0.2) is 24.3 Å². The van der Waals surface area contributed by atoms with Gasteiger partial charge in [0.15, 0.2) is 0 Å². The van der Waals surface area contributed by atoms with Gasteiger partial charge in [0, 0.05) is 62.1 Å². The van der Waals surface area contributed by atoms with Crippen LogP contribution in [0.4, 0.5) is 5.69 Å². The molecule has 2 atom stereocenters. The average Bonchev–Trinajstić information content (AvgIpc) is 3.13. The van der Waals surface area contributed by atoms with Crippen molar-refractivity contribution in [2.24, 2.45) is 0 Å². The van der Waals surface area contributed by atoms with Gasteiger partial charge in [-0.05, 0) is 30.7 Å². The highest BCUT2D eigenvalue weighted by molar-refractivity contribution is 6.30. The first kappa shape index (κ1) is 14.1. The van der Waals surface area contributed by atoms with Gasteiger partial charge in [-0.1, -0.05) is 11.6 Å². The Morgan fingerprint density at radius 2 is 1.65 bits per heavy atom. The van der Waals surface area contributed by atoms with Crippen molar-refractivity contribution < 1.29 is 0 Å². The van der Waals surface area contributed by atoms with Gasteiger partial charge in [0.2, 0.25) is 0 Å². The summed E-state index contributed by atoms with van der Waals surface area (Å²) >= 11 is 5.87. The normalized spacial score (nSPS) is 28.1. The highest BCUT2D eigenvalue weighted by Crippen LogP contribution is 2.29. The molecular formula is C15H23ClN4. The van der Waals surface area contributed by atoms with Crippen molar-refractivity contribution in [3.05, 3.63) is 29.3 Å². The number of anilines is 1. The molecule has 2 bridgehead atoms. The molecule has 3 N–H and O–H groups in total. The molecule has 0 aliphatic carbocycles. The van der Waals surface area contributed by atoms with E-state index >= 15 is 0 Å². The molecule has 4 nitrogen and oxygen atoms in total. The largest absolute Gasteiger partial charge is 0.366 e. The fourth-order valence-electron chi connectivity index (χ4n) is 3.11. The molecule has 110 valence electrons. The molecule has 3 aliphatic heterocycles. The Bertz CT molecular complexity index is 407. The Hall–Kier alpha value is -0.810. The average molecular weight is 295 g/mol. The number of benzene rings is 1. The maximum absolute atomic E-state index is 5.87. The Balaban J connectivity index is 0.000000170. The summed E-state index contributed by atoms with van der Waals surface area (Å²) in [6.07, 6.45) is 1.29. The highest BCUT2D eigenvalue weighted by atomic mass is 35.5. The van der Waals surface area contributed by atoms with Crippen LogP contribution in [0.1, 0.15) is 6.42 Å². The summed E-state index contributed by atoms with van der Waals surface area (Å²) in [5, 5.41) is 10.8. The van der Waals surface area contributed by atoms with E-state index in [4.69, 9.17) is 11.6 Å². The summed E-state index contributed by atoms with van der Waals surface area (Å²) in [7, 11) is 0. The highest BCUT2D eigenvalue weighted by Gasteiger charge is 2.37. The van der Waals surface area contributed by atoms with Gasteiger partial charge in [0.1, 0.15) is 0 Å². The lowest BCUT2D eigenvalue weighted by Gasteiger charge is -2.29. The quantitative estimate of drug-likeness (QED) is 0.725. The molecular weight excluding hydrogens is 272 g/mol. The molecule has 0 amide bonds. The summed E-state index contributed by atoms with van der Waals surface area (Å²) in [6.45, 7) is 6.83. The third kappa shape index (κ3) is 3.44. The summed E-state index contributed by atoms with van der Waals surface area (Å²) in [4.78, 5) is 2.48. The zero-order chi connectivity index (χ0) is 13.8. The number of hydrogen-bond acceptors (Lipinski definition) is 4. The summed E-state index contributed by atoms with van der Waals surface area (Å²) in [6, 6.07) is 9.57. The van der Waals surface area contributed by atoms with Gasteiger partial charge < -0.3 is 20.9 Å². The van der Waals surface area contributed by atoms with E-state index in [1.54, 1.807) is 0 Å². The molecule has 0 aromatic heterocycles. The number of nitrogens with one attached hydrogen (secondary N) is 3. The SMILES string of the molecule is C1CNCCN1.Clc1ccc(N2CC3CC2CN3)cc1. The number of hydrogen-bond donors (Lipinski definition) is 3. The second-order valence-electron chi connectivity index (χ2n) is 5.62. The van der Waals surface area contributed by atoms with E-state index in [1.807, 2.05) is 12.1 Å². The molecule has 4 rings (SSSR count). The van der Waals surface area contributed by atoms with Crippen LogP contribution >= 0.6 is 11.6 Å². The zero-order valence-electron chi connectivity index (χ0n) is 11.7. The van der Waals surface area contributed by atoms with Gasteiger partial charge in [-0.3, -0.25) is 0 Å². The Morgan fingerprint density at radius 1 is 1.00 bits per heavy atom. The van der Waals surface area contributed by atoms with Crippen molar-refractivity contribution >= 4 is 17.3 Å². The van der Waals surface area contributed by atoms with Gasteiger partial charge in [-0.25, -0.2) is 0 Å². The van der Waals surface area contributed by atoms with Gasteiger partial charge in [0.25, 0.3) is 0 Å². The molecule has 0 spiro atoms. The molecule has 5 heteroatoms. The molecule has 3 heterocycles. The summed E-state index contributed by atoms with van der Waals surface area (Å²) < 4.78 is 0. The minimum Gasteiger partial charge on any atom is -0.366 e. The lowest BCUT2D eigenvalue weighted by Crippen LogP contribution is -2.43. The van der Waals surface area contributed by atoms with Gasteiger partial charge in [0.05, 0.1) is 0 Å². The van der Waals surface area contributed by atoms with Crippen LogP contribution < -0.4 is 20.9 Å². The molecule has 3 fully saturated rings. The van der Waals surface area contributed by atoms with Gasteiger partial charge in [-0.15, -0.1) is 0 Å². The Morgan fingerprint density at radius 3 is 2.10 bits per heavy atom. The first-order valence-corrected chi connectivity index (χ1v) is 7.88. The van der Waals surface area contributed by atoms with E-state index in [2.05, 4.69) is 33.0 Å². The Labute approximate surface area is 125 Å². The summed E-state index contributed by atoms with van der Waals surface area (Å²) in [5.41, 5.74) is 1.31. The predicted octanol–water partition coefficient (Wildman–Crippen LogP) is 1.07. The van der Waals surface area contributed by atoms with Crippen molar-refractivity contribution in [1.82, 2.24) is 16.0 Å². The molecule has 1 aromatic carbocycles. The van der Waals surface area contributed by atoms with E-state index in [0.717, 1.165) is 44.3 Å². The topological polar surface area (TPSA) is 39.3 Å². The minimum absolute atomic E-state index is 0.696. The zero-order valence-corrected chi connectivity index (χ0v) is 12.5. The maximum atomic E-state index is 5.87. The van der Waals surface area contributed by atoms with Crippen LogP contribution in [0, 0.1) is 0 Å². The van der Waals surface area contributed by atoms with Crippen LogP contribution in [0.5, 0.6) is 0 Å². The van der Waals surface area contributed by atoms with E-state index in [9.17, 15) is 0 Å². The fourth-order valence-corrected chi connectivity index (χ4v) is 3.24. The summed E-state index contributed by atoms with van der Waals surface area (Å²) in [5.74, 6) is 0. The third-order valence-electron chi connectivity index (χ3n) is 4.17. The van der Waals surface area contributed by atoms with Crippen LogP contribution in [-0.4, -0.2) is 51.4 Å².